The average molecular weight is 336 g/mol. The zero-order valence-corrected chi connectivity index (χ0v) is 12.5. The largest absolute Gasteiger partial charge is 0.480 e. The molecule has 0 spiro atoms. The van der Waals surface area contributed by atoms with Crippen LogP contribution in [0.1, 0.15) is 5.69 Å². The molecular formula is C14H14BrN3O2. The van der Waals surface area contributed by atoms with Crippen LogP contribution in [0.5, 0.6) is 5.75 Å². The zero-order valence-electron chi connectivity index (χ0n) is 10.9. The first kappa shape index (κ1) is 14.3. The normalized spacial score (nSPS) is 10.1. The number of nitrogens with one attached hydrogen (secondary N) is 1. The summed E-state index contributed by atoms with van der Waals surface area (Å²) in [6.07, 6.45) is 0. The Balaban J connectivity index is 1.90. The molecule has 0 fully saturated rings. The predicted molar refractivity (Wildman–Crippen MR) is 81.7 cm³/mol. The highest BCUT2D eigenvalue weighted by atomic mass is 79.9. The minimum atomic E-state index is -0.257. The molecule has 1 aromatic heterocycles. The third kappa shape index (κ3) is 3.96. The maximum atomic E-state index is 11.7. The number of nitrogens with zero attached hydrogens (tertiary/aromatic N) is 1. The smallest absolute Gasteiger partial charge is 0.262 e. The Kier molecular flexibility index (Phi) is 4.57. The molecule has 0 radical (unpaired) electrons. The molecule has 6 heteroatoms. The van der Waals surface area contributed by atoms with Crippen LogP contribution in [0.4, 0.5) is 11.5 Å². The van der Waals surface area contributed by atoms with Gasteiger partial charge in [-0.3, -0.25) is 4.79 Å². The van der Waals surface area contributed by atoms with Crippen LogP contribution in [-0.2, 0) is 4.79 Å². The molecule has 1 amide bonds. The number of anilines is 2. The molecule has 1 heterocycles. The van der Waals surface area contributed by atoms with Crippen LogP contribution >= 0.6 is 15.9 Å². The number of nitrogens with two attached hydrogens (primary N) is 1. The molecule has 0 aliphatic heterocycles. The average Bonchev–Trinajstić information content (AvgIpc) is 2.40. The van der Waals surface area contributed by atoms with Crippen molar-refractivity contribution in [3.05, 3.63) is 46.6 Å². The molecule has 2 rings (SSSR count). The monoisotopic (exact) mass is 335 g/mol. The lowest BCUT2D eigenvalue weighted by molar-refractivity contribution is -0.118. The second-order valence-electron chi connectivity index (χ2n) is 4.18. The van der Waals surface area contributed by atoms with Gasteiger partial charge >= 0.3 is 0 Å². The van der Waals surface area contributed by atoms with Gasteiger partial charge in [0, 0.05) is 15.9 Å². The van der Waals surface area contributed by atoms with Gasteiger partial charge in [-0.15, -0.1) is 0 Å². The zero-order chi connectivity index (χ0) is 14.5. The van der Waals surface area contributed by atoms with Crippen molar-refractivity contribution < 1.29 is 9.53 Å². The summed E-state index contributed by atoms with van der Waals surface area (Å²) in [5.74, 6) is 0.426. The van der Waals surface area contributed by atoms with E-state index in [4.69, 9.17) is 10.5 Å². The van der Waals surface area contributed by atoms with Gasteiger partial charge in [-0.2, -0.15) is 0 Å². The van der Waals surface area contributed by atoms with Gasteiger partial charge in [0.05, 0.1) is 0 Å². The van der Waals surface area contributed by atoms with Gasteiger partial charge in [-0.05, 0) is 43.3 Å². The van der Waals surface area contributed by atoms with Gasteiger partial charge in [-0.25, -0.2) is 4.98 Å². The van der Waals surface area contributed by atoms with E-state index in [-0.39, 0.29) is 18.3 Å². The summed E-state index contributed by atoms with van der Waals surface area (Å²) < 4.78 is 6.29. The van der Waals surface area contributed by atoms with E-state index in [9.17, 15) is 4.79 Å². The summed E-state index contributed by atoms with van der Waals surface area (Å²) in [5.41, 5.74) is 7.21. The van der Waals surface area contributed by atoms with Crippen LogP contribution in [0.3, 0.4) is 0 Å². The van der Waals surface area contributed by atoms with E-state index in [1.54, 1.807) is 24.3 Å². The summed E-state index contributed by atoms with van der Waals surface area (Å²) in [5, 5.41) is 2.72. The number of nitrogen functional groups attached to an aromatic ring is 1. The minimum Gasteiger partial charge on any atom is -0.480 e. The molecule has 0 aliphatic rings. The summed E-state index contributed by atoms with van der Waals surface area (Å²) in [6, 6.07) is 10.8. The van der Waals surface area contributed by atoms with E-state index in [2.05, 4.69) is 26.2 Å². The van der Waals surface area contributed by atoms with E-state index in [1.807, 2.05) is 19.1 Å². The van der Waals surface area contributed by atoms with E-state index in [0.29, 0.717) is 11.4 Å². The molecule has 0 unspecified atom stereocenters. The van der Waals surface area contributed by atoms with E-state index in [1.165, 1.54) is 0 Å². The molecule has 3 N–H and O–H groups in total. The molecule has 1 aromatic carbocycles. The Labute approximate surface area is 125 Å². The van der Waals surface area contributed by atoms with Crippen molar-refractivity contribution in [2.75, 3.05) is 17.7 Å². The molecule has 0 saturated carbocycles. The number of hydrogen-bond acceptors (Lipinski definition) is 4. The number of benzene rings is 1. The molecule has 0 bridgehead atoms. The van der Waals surface area contributed by atoms with Crippen LogP contribution in [-0.4, -0.2) is 17.5 Å². The number of ether oxygens (including phenoxy) is 1. The first-order valence-electron chi connectivity index (χ1n) is 5.96. The topological polar surface area (TPSA) is 77.2 Å². The number of aromatic nitrogens is 1. The first-order valence-corrected chi connectivity index (χ1v) is 6.75. The Morgan fingerprint density at radius 2 is 2.00 bits per heavy atom. The van der Waals surface area contributed by atoms with Gasteiger partial charge in [0.2, 0.25) is 0 Å². The second-order valence-corrected chi connectivity index (χ2v) is 5.10. The third-order valence-corrected chi connectivity index (χ3v) is 3.04. The SMILES string of the molecule is Cc1ccc(OCC(=O)Nc2ccc(Br)cc2)c(N)n1. The Bertz CT molecular complexity index is 614. The van der Waals surface area contributed by atoms with Crippen molar-refractivity contribution in [3.8, 4) is 5.75 Å². The van der Waals surface area contributed by atoms with Crippen LogP contribution < -0.4 is 15.8 Å². The van der Waals surface area contributed by atoms with Gasteiger partial charge in [-0.1, -0.05) is 15.9 Å². The quantitative estimate of drug-likeness (QED) is 0.900. The van der Waals surface area contributed by atoms with Crippen molar-refractivity contribution in [2.45, 2.75) is 6.92 Å². The molecule has 0 atom stereocenters. The maximum Gasteiger partial charge on any atom is 0.262 e. The Morgan fingerprint density at radius 3 is 2.65 bits per heavy atom. The second kappa shape index (κ2) is 6.38. The number of hydrogen-bond donors (Lipinski definition) is 2. The highest BCUT2D eigenvalue weighted by Crippen LogP contribution is 2.19. The van der Waals surface area contributed by atoms with Crippen molar-refractivity contribution in [3.63, 3.8) is 0 Å². The van der Waals surface area contributed by atoms with E-state index < -0.39 is 0 Å². The lowest BCUT2D eigenvalue weighted by atomic mass is 10.3. The highest BCUT2D eigenvalue weighted by molar-refractivity contribution is 9.10. The van der Waals surface area contributed by atoms with Crippen molar-refractivity contribution >= 4 is 33.3 Å². The van der Waals surface area contributed by atoms with E-state index >= 15 is 0 Å². The standard InChI is InChI=1S/C14H14BrN3O2/c1-9-2-7-12(14(16)17-9)20-8-13(19)18-11-5-3-10(15)4-6-11/h2-7H,8H2,1H3,(H2,16,17)(H,18,19). The predicted octanol–water partition coefficient (Wildman–Crippen LogP) is 2.75. The number of rotatable bonds is 4. The number of amides is 1. The van der Waals surface area contributed by atoms with Crippen LogP contribution in [0, 0.1) is 6.92 Å². The van der Waals surface area contributed by atoms with Crippen LogP contribution in [0.25, 0.3) is 0 Å². The number of halogens is 1. The summed E-state index contributed by atoms with van der Waals surface area (Å²) >= 11 is 3.33. The lowest BCUT2D eigenvalue weighted by Gasteiger charge is -2.09. The maximum absolute atomic E-state index is 11.7. The molecular weight excluding hydrogens is 322 g/mol. The first-order chi connectivity index (χ1) is 9.54. The van der Waals surface area contributed by atoms with Gasteiger partial charge in [0.25, 0.3) is 5.91 Å². The van der Waals surface area contributed by atoms with Crippen molar-refractivity contribution in [1.82, 2.24) is 4.98 Å². The molecule has 5 nitrogen and oxygen atoms in total. The lowest BCUT2D eigenvalue weighted by Crippen LogP contribution is -2.20. The third-order valence-electron chi connectivity index (χ3n) is 2.51. The fourth-order valence-electron chi connectivity index (χ4n) is 1.56. The number of pyridine rings is 1. The molecule has 0 saturated heterocycles. The van der Waals surface area contributed by atoms with Crippen LogP contribution in [0.2, 0.25) is 0 Å². The number of carbonyl (C=O) groups excluding carboxylic acids is 1. The van der Waals surface area contributed by atoms with Gasteiger partial charge < -0.3 is 15.8 Å². The fourth-order valence-corrected chi connectivity index (χ4v) is 1.82. The molecule has 104 valence electrons. The highest BCUT2D eigenvalue weighted by Gasteiger charge is 2.06. The fraction of sp³-hybridized carbons (Fsp3) is 0.143. The summed E-state index contributed by atoms with van der Waals surface area (Å²) in [6.45, 7) is 1.71. The van der Waals surface area contributed by atoms with Crippen LogP contribution in [0.15, 0.2) is 40.9 Å². The van der Waals surface area contributed by atoms with Crippen molar-refractivity contribution in [1.29, 1.82) is 0 Å². The summed E-state index contributed by atoms with van der Waals surface area (Å²) in [4.78, 5) is 15.8. The number of carbonyl (C=O) groups is 1. The summed E-state index contributed by atoms with van der Waals surface area (Å²) in [7, 11) is 0. The van der Waals surface area contributed by atoms with Crippen molar-refractivity contribution in [2.24, 2.45) is 0 Å². The molecule has 2 aromatic rings. The van der Waals surface area contributed by atoms with Gasteiger partial charge in [0.1, 0.15) is 0 Å². The minimum absolute atomic E-state index is 0.120. The molecule has 0 aliphatic carbocycles. The number of aryl methyl sites for hydroxylation is 1. The van der Waals surface area contributed by atoms with E-state index in [0.717, 1.165) is 10.2 Å². The molecule has 20 heavy (non-hydrogen) atoms. The Hall–Kier alpha value is -2.08. The van der Waals surface area contributed by atoms with Gasteiger partial charge in [0.15, 0.2) is 18.2 Å². The Morgan fingerprint density at radius 1 is 1.30 bits per heavy atom.